The van der Waals surface area contributed by atoms with Gasteiger partial charge in [-0.2, -0.15) is 0 Å². The molecule has 5 heteroatoms. The third-order valence-electron chi connectivity index (χ3n) is 0. The molecule has 0 fully saturated rings. The van der Waals surface area contributed by atoms with Crippen molar-refractivity contribution in [2.24, 2.45) is 0 Å². The predicted octanol–water partition coefficient (Wildman–Crippen LogP) is -0.769. The Morgan fingerprint density at radius 1 is 0.400 bits per heavy atom. The van der Waals surface area contributed by atoms with E-state index in [2.05, 4.69) is 0 Å². The van der Waals surface area contributed by atoms with Gasteiger partial charge in [0, 0.05) is 85.1 Å². The maximum absolute atomic E-state index is 0. The molecule has 0 aliphatic carbocycles. The fourth-order valence-electron chi connectivity index (χ4n) is 0. The van der Waals surface area contributed by atoms with Crippen LogP contribution in [0.1, 0.15) is 0 Å². The Balaban J connectivity index is 0. The van der Waals surface area contributed by atoms with Gasteiger partial charge >= 0.3 is 0 Å². The molecule has 0 aliphatic heterocycles. The fourth-order valence-corrected chi connectivity index (χ4v) is 0. The molecule has 0 rings (SSSR count). The summed E-state index contributed by atoms with van der Waals surface area (Å²) in [5.41, 5.74) is 0. The summed E-state index contributed by atoms with van der Waals surface area (Å²) in [6.45, 7) is 0. The van der Waals surface area contributed by atoms with E-state index in [0.717, 1.165) is 0 Å². The van der Waals surface area contributed by atoms with Crippen molar-refractivity contribution < 1.29 is 50.3 Å². The average Bonchev–Trinajstić information content (AvgIpc) is 0. The molecule has 0 heterocycles. The second-order valence-electron chi connectivity index (χ2n) is 0. The van der Waals surface area contributed by atoms with E-state index in [4.69, 9.17) is 0 Å². The van der Waals surface area contributed by atoms with Gasteiger partial charge in [0.25, 0.3) is 0 Å². The van der Waals surface area contributed by atoms with Gasteiger partial charge in [0.2, 0.25) is 0 Å². The summed E-state index contributed by atoms with van der Waals surface area (Å²) >= 11 is 0. The van der Waals surface area contributed by atoms with Crippen molar-refractivity contribution in [3.8, 4) is 0 Å². The van der Waals surface area contributed by atoms with Crippen LogP contribution >= 0.6 is 0 Å². The maximum atomic E-state index is 0. The molecule has 0 saturated carbocycles. The zero-order valence-electron chi connectivity index (χ0n) is 2.15. The van der Waals surface area contributed by atoms with Gasteiger partial charge in [-0.3, -0.25) is 0 Å². The minimum atomic E-state index is 0. The van der Waals surface area contributed by atoms with E-state index in [1.807, 2.05) is 0 Å². The summed E-state index contributed by atoms with van der Waals surface area (Å²) in [7, 11) is 0. The second-order valence-corrected chi connectivity index (χ2v) is 0. The molecule has 0 amide bonds. The predicted molar refractivity (Wildman–Crippen MR) is 11.5 cm³/mol. The molecule has 0 saturated heterocycles. The van der Waals surface area contributed by atoms with Gasteiger partial charge in [-0.25, -0.2) is 0 Å². The van der Waals surface area contributed by atoms with E-state index in [9.17, 15) is 0 Å². The zero-order valence-corrected chi connectivity index (χ0v) is 7.59. The molecular formula is Al2Co3. The standard InChI is InChI=1S/2Al.3Co. The first-order valence-corrected chi connectivity index (χ1v) is 0. The van der Waals surface area contributed by atoms with Crippen LogP contribution in [-0.2, 0) is 50.3 Å². The van der Waals surface area contributed by atoms with Gasteiger partial charge in [0.05, 0.1) is 0 Å². The van der Waals surface area contributed by atoms with Crippen LogP contribution in [0.4, 0.5) is 0 Å². The smallest absolute Gasteiger partial charge is 0 e. The van der Waals surface area contributed by atoms with Gasteiger partial charge in [-0.05, 0) is 0 Å². The van der Waals surface area contributed by atoms with Gasteiger partial charge in [0.1, 0.15) is 0 Å². The van der Waals surface area contributed by atoms with Crippen LogP contribution in [0, 0.1) is 0 Å². The molecule has 0 N–H and O–H groups in total. The number of hydrogen-bond donors (Lipinski definition) is 0. The molecule has 0 nitrogen and oxygen atoms in total. The quantitative estimate of drug-likeness (QED) is 0.480. The van der Waals surface area contributed by atoms with Gasteiger partial charge in [-0.15, -0.1) is 0 Å². The SMILES string of the molecule is [Al].[Al].[Co].[Co].[Co]. The van der Waals surface area contributed by atoms with Crippen molar-refractivity contribution in [3.05, 3.63) is 0 Å². The van der Waals surface area contributed by atoms with E-state index in [1.165, 1.54) is 0 Å². The van der Waals surface area contributed by atoms with Gasteiger partial charge < -0.3 is 0 Å². The van der Waals surface area contributed by atoms with Crippen molar-refractivity contribution in [3.63, 3.8) is 0 Å². The molecule has 0 atom stereocenters. The Bertz CT molecular complexity index is 4.85. The van der Waals surface area contributed by atoms with Crippen molar-refractivity contribution >= 4 is 34.7 Å². The largest absolute Gasteiger partial charge is 0 e. The Morgan fingerprint density at radius 2 is 0.400 bits per heavy atom. The molecule has 0 bridgehead atoms. The molecule has 0 aromatic carbocycles. The summed E-state index contributed by atoms with van der Waals surface area (Å²) in [5, 5.41) is 0. The van der Waals surface area contributed by atoms with E-state index < -0.39 is 0 Å². The van der Waals surface area contributed by atoms with Crippen LogP contribution in [0.2, 0.25) is 0 Å². The topological polar surface area (TPSA) is 0 Å². The fraction of sp³-hybridized carbons (Fsp3) is 0. The average molecular weight is 231 g/mol. The van der Waals surface area contributed by atoms with Crippen LogP contribution < -0.4 is 0 Å². The number of rotatable bonds is 0. The second kappa shape index (κ2) is 30.7. The summed E-state index contributed by atoms with van der Waals surface area (Å²) in [6, 6.07) is 0. The summed E-state index contributed by atoms with van der Waals surface area (Å²) in [6.07, 6.45) is 0. The van der Waals surface area contributed by atoms with E-state index in [-0.39, 0.29) is 85.1 Å². The summed E-state index contributed by atoms with van der Waals surface area (Å²) in [4.78, 5) is 0. The Hall–Kier alpha value is 2.58. The van der Waals surface area contributed by atoms with Crippen LogP contribution in [0.25, 0.3) is 0 Å². The zero-order chi connectivity index (χ0) is 0. The molecule has 9 radical (unpaired) electrons. The van der Waals surface area contributed by atoms with Crippen molar-refractivity contribution in [1.82, 2.24) is 0 Å². The minimum absolute atomic E-state index is 0. The third kappa shape index (κ3) is 20.7. The molecular weight excluding hydrogens is 231 g/mol. The van der Waals surface area contributed by atoms with E-state index in [1.54, 1.807) is 0 Å². The van der Waals surface area contributed by atoms with Crippen LogP contribution in [0.5, 0.6) is 0 Å². The molecule has 0 aliphatic rings. The van der Waals surface area contributed by atoms with Gasteiger partial charge in [0.15, 0.2) is 0 Å². The molecule has 0 aromatic heterocycles. The van der Waals surface area contributed by atoms with Crippen molar-refractivity contribution in [1.29, 1.82) is 0 Å². The summed E-state index contributed by atoms with van der Waals surface area (Å²) in [5.74, 6) is 0. The van der Waals surface area contributed by atoms with Crippen molar-refractivity contribution in [2.75, 3.05) is 0 Å². The third-order valence-corrected chi connectivity index (χ3v) is 0. The van der Waals surface area contributed by atoms with Crippen LogP contribution in [-0.4, -0.2) is 34.7 Å². The van der Waals surface area contributed by atoms with E-state index >= 15 is 0 Å². The monoisotopic (exact) mass is 231 g/mol. The maximum Gasteiger partial charge on any atom is 0 e. The summed E-state index contributed by atoms with van der Waals surface area (Å²) < 4.78 is 0. The molecule has 0 unspecified atom stereocenters. The van der Waals surface area contributed by atoms with Gasteiger partial charge in [-0.1, -0.05) is 0 Å². The molecule has 33 valence electrons. The number of hydrogen-bond acceptors (Lipinski definition) is 0. The first-order valence-electron chi connectivity index (χ1n) is 0. The molecule has 5 heavy (non-hydrogen) atoms. The van der Waals surface area contributed by atoms with E-state index in [0.29, 0.717) is 0 Å². The normalized spacial score (nSPS) is 0. The Kier molecular flexibility index (Phi) is 303. The molecule has 0 aromatic rings. The Labute approximate surface area is 84.1 Å². The molecule has 0 spiro atoms. The van der Waals surface area contributed by atoms with Crippen LogP contribution in [0.3, 0.4) is 0 Å². The first kappa shape index (κ1) is 49.2. The van der Waals surface area contributed by atoms with Crippen molar-refractivity contribution in [2.45, 2.75) is 0 Å². The first-order chi connectivity index (χ1) is 0. The minimum Gasteiger partial charge on any atom is 0 e. The van der Waals surface area contributed by atoms with Crippen LogP contribution in [0.15, 0.2) is 0 Å². The Morgan fingerprint density at radius 3 is 0.400 bits per heavy atom.